The zero-order valence-corrected chi connectivity index (χ0v) is 10.6. The molecule has 0 amide bonds. The van der Waals surface area contributed by atoms with Gasteiger partial charge in [-0.2, -0.15) is 8.75 Å². The van der Waals surface area contributed by atoms with E-state index in [0.29, 0.717) is 0 Å². The van der Waals surface area contributed by atoms with Crippen LogP contribution < -0.4 is 5.46 Å². The predicted molar refractivity (Wildman–Crippen MR) is 78.0 cm³/mol. The van der Waals surface area contributed by atoms with Crippen LogP contribution in [-0.4, -0.2) is 29.0 Å². The fourth-order valence-corrected chi connectivity index (χ4v) is 2.54. The Kier molecular flexibility index (Phi) is 2.52. The van der Waals surface area contributed by atoms with Crippen molar-refractivity contribution in [1.29, 1.82) is 1.34 Å². The predicted octanol–water partition coefficient (Wildman–Crippen LogP) is 1.31. The van der Waals surface area contributed by atoms with E-state index in [2.05, 4.69) is 8.75 Å². The van der Waals surface area contributed by atoms with Crippen LogP contribution in [0.1, 0.15) is 10.4 Å². The molecule has 0 radical (unpaired) electrons. The molecule has 92 valence electrons. The van der Waals surface area contributed by atoms with E-state index in [1.165, 1.54) is 0 Å². The number of nitrogens with zero attached hydrogens (tertiary/aromatic N) is 2. The third-order valence-corrected chi connectivity index (χ3v) is 3.47. The largest absolute Gasteiger partial charge is 0.478 e. The van der Waals surface area contributed by atoms with Crippen LogP contribution in [0.4, 0.5) is 0 Å². The lowest BCUT2D eigenvalue weighted by atomic mass is 9.91. The van der Waals surface area contributed by atoms with Crippen molar-refractivity contribution < 1.29 is 9.90 Å². The van der Waals surface area contributed by atoms with Crippen LogP contribution in [-0.2, 0) is 0 Å². The molecule has 1 N–H and O–H groups in total. The molecule has 1 heterocycles. The molecule has 19 heavy (non-hydrogen) atoms. The summed E-state index contributed by atoms with van der Waals surface area (Å²) >= 11 is 1.12. The average Bonchev–Trinajstić information content (AvgIpc) is 2.95. The molecule has 3 aromatic rings. The smallest absolute Gasteiger partial charge is 0.335 e. The highest BCUT2D eigenvalue weighted by Crippen LogP contribution is 2.26. The van der Waals surface area contributed by atoms with Gasteiger partial charge in [-0.05, 0) is 19.0 Å². The molecule has 0 saturated carbocycles. The third kappa shape index (κ3) is 2.00. The Labute approximate surface area is 115 Å². The number of hydrogen-bond donors (Lipinski definition) is 1. The standard InChI is InChI=1S/C13H9BN2O2S/c14-10-6-5-9(11-12(10)16-19-15-11)7-1-3-8(4-2-7)13(17)18/h1-6H,14H2,(H,17,18)/i14D. The Hall–Kier alpha value is -2.21. The first kappa shape index (κ1) is 10.7. The number of aromatic carboxylic acids is 1. The fraction of sp³-hybridized carbons (Fsp3) is 0. The Morgan fingerprint density at radius 1 is 1.16 bits per heavy atom. The van der Waals surface area contributed by atoms with Crippen LogP contribution in [0.2, 0.25) is 0 Å². The van der Waals surface area contributed by atoms with Crippen molar-refractivity contribution in [2.75, 3.05) is 0 Å². The van der Waals surface area contributed by atoms with E-state index in [1.54, 1.807) is 24.3 Å². The van der Waals surface area contributed by atoms with Crippen molar-refractivity contribution in [3.8, 4) is 11.1 Å². The molecule has 0 aliphatic carbocycles. The first-order valence-corrected chi connectivity index (χ1v) is 6.31. The molecule has 2 aromatic carbocycles. The van der Waals surface area contributed by atoms with Crippen molar-refractivity contribution in [2.24, 2.45) is 0 Å². The first-order chi connectivity index (χ1) is 9.70. The topological polar surface area (TPSA) is 63.1 Å². The number of benzene rings is 2. The van der Waals surface area contributed by atoms with Gasteiger partial charge < -0.3 is 5.11 Å². The number of hydrogen-bond acceptors (Lipinski definition) is 4. The number of aromatic nitrogens is 2. The van der Waals surface area contributed by atoms with Crippen LogP contribution in [0.15, 0.2) is 36.4 Å². The van der Waals surface area contributed by atoms with Gasteiger partial charge in [0, 0.05) is 5.56 Å². The molecule has 0 aliphatic rings. The summed E-state index contributed by atoms with van der Waals surface area (Å²) < 4.78 is 16.0. The van der Waals surface area contributed by atoms with E-state index in [-0.39, 0.29) is 13.4 Å². The lowest BCUT2D eigenvalue weighted by Crippen LogP contribution is -2.03. The summed E-state index contributed by atoms with van der Waals surface area (Å²) in [5.41, 5.74) is 4.42. The van der Waals surface area contributed by atoms with Gasteiger partial charge in [-0.25, -0.2) is 4.79 Å². The van der Waals surface area contributed by atoms with Gasteiger partial charge in [-0.15, -0.1) is 0 Å². The molecular formula is C13H9BN2O2S. The molecule has 0 unspecified atom stereocenters. The fourth-order valence-electron chi connectivity index (χ4n) is 1.94. The molecule has 0 spiro atoms. The quantitative estimate of drug-likeness (QED) is 0.728. The summed E-state index contributed by atoms with van der Waals surface area (Å²) in [6.07, 6.45) is 0. The van der Waals surface area contributed by atoms with Gasteiger partial charge in [0.25, 0.3) is 0 Å². The minimum Gasteiger partial charge on any atom is -0.478 e. The number of carbonyl (C=O) groups is 1. The van der Waals surface area contributed by atoms with Gasteiger partial charge in [0.2, 0.25) is 0 Å². The molecule has 1 aromatic heterocycles. The van der Waals surface area contributed by atoms with E-state index >= 15 is 0 Å². The van der Waals surface area contributed by atoms with Crippen LogP contribution >= 0.6 is 11.7 Å². The van der Waals surface area contributed by atoms with E-state index in [4.69, 9.17) is 6.44 Å². The number of carboxylic acids is 1. The lowest BCUT2D eigenvalue weighted by Gasteiger charge is -2.04. The first-order valence-electron chi connectivity index (χ1n) is 6.28. The minimum atomic E-state index is -0.943. The molecule has 0 saturated heterocycles. The Balaban J connectivity index is 2.14. The van der Waals surface area contributed by atoms with Gasteiger partial charge in [-0.3, -0.25) is 0 Å². The molecule has 0 bridgehead atoms. The summed E-state index contributed by atoms with van der Waals surface area (Å²) in [5, 5.41) is 8.91. The molecular weight excluding hydrogens is 259 g/mol. The summed E-state index contributed by atoms with van der Waals surface area (Å²) in [7, 11) is 0.167. The highest BCUT2D eigenvalue weighted by molar-refractivity contribution is 7.00. The Morgan fingerprint density at radius 2 is 1.89 bits per heavy atom. The summed E-state index contributed by atoms with van der Waals surface area (Å²) in [6.45, 7) is 0. The van der Waals surface area contributed by atoms with E-state index in [0.717, 1.165) is 39.4 Å². The monoisotopic (exact) mass is 269 g/mol. The zero-order valence-electron chi connectivity index (χ0n) is 10.8. The van der Waals surface area contributed by atoms with E-state index in [9.17, 15) is 4.79 Å². The van der Waals surface area contributed by atoms with Crippen molar-refractivity contribution >= 4 is 42.0 Å². The Morgan fingerprint density at radius 3 is 2.58 bits per heavy atom. The van der Waals surface area contributed by atoms with Gasteiger partial charge in [0.1, 0.15) is 13.3 Å². The highest BCUT2D eigenvalue weighted by atomic mass is 32.1. The molecule has 6 heteroatoms. The SMILES string of the molecule is [2H]Bc1ccc(-c2ccc(C(=O)O)cc2)c2nsnc12. The van der Waals surface area contributed by atoms with Gasteiger partial charge in [0.05, 0.1) is 22.8 Å². The van der Waals surface area contributed by atoms with Gasteiger partial charge in [-0.1, -0.05) is 29.7 Å². The molecule has 0 fully saturated rings. The van der Waals surface area contributed by atoms with Crippen LogP contribution in [0, 0.1) is 0 Å². The highest BCUT2D eigenvalue weighted by Gasteiger charge is 2.10. The maximum absolute atomic E-state index is 10.9. The second-order valence-corrected chi connectivity index (χ2v) is 4.64. The number of fused-ring (bicyclic) bond motifs is 1. The normalized spacial score (nSPS) is 11.3. The van der Waals surface area contributed by atoms with Gasteiger partial charge >= 0.3 is 5.97 Å². The molecule has 0 atom stereocenters. The summed E-state index contributed by atoms with van der Waals surface area (Å²) in [4.78, 5) is 10.9. The van der Waals surface area contributed by atoms with E-state index in [1.807, 2.05) is 12.1 Å². The van der Waals surface area contributed by atoms with Crippen molar-refractivity contribution in [3.05, 3.63) is 42.0 Å². The lowest BCUT2D eigenvalue weighted by molar-refractivity contribution is 0.0697. The minimum absolute atomic E-state index is 0.167. The average molecular weight is 269 g/mol. The van der Waals surface area contributed by atoms with Crippen molar-refractivity contribution in [2.45, 2.75) is 0 Å². The van der Waals surface area contributed by atoms with E-state index < -0.39 is 5.97 Å². The van der Waals surface area contributed by atoms with Crippen LogP contribution in [0.5, 0.6) is 0 Å². The zero-order chi connectivity index (χ0) is 14.1. The number of rotatable bonds is 3. The molecule has 0 aliphatic heterocycles. The third-order valence-electron chi connectivity index (χ3n) is 2.94. The van der Waals surface area contributed by atoms with Gasteiger partial charge in [0.15, 0.2) is 0 Å². The van der Waals surface area contributed by atoms with Crippen molar-refractivity contribution in [3.63, 3.8) is 0 Å². The second-order valence-electron chi connectivity index (χ2n) is 4.12. The van der Waals surface area contributed by atoms with Crippen LogP contribution in [0.3, 0.4) is 0 Å². The Bertz CT molecular complexity index is 789. The molecule has 4 nitrogen and oxygen atoms in total. The van der Waals surface area contributed by atoms with Crippen molar-refractivity contribution in [1.82, 2.24) is 8.75 Å². The maximum Gasteiger partial charge on any atom is 0.335 e. The van der Waals surface area contributed by atoms with Crippen LogP contribution in [0.25, 0.3) is 22.2 Å². The number of carboxylic acid groups (broad SMARTS) is 1. The maximum atomic E-state index is 10.9. The second kappa shape index (κ2) is 4.48. The molecule has 3 rings (SSSR count). The summed E-state index contributed by atoms with van der Waals surface area (Å²) in [6, 6.07) is 10.4. The summed E-state index contributed by atoms with van der Waals surface area (Å²) in [5.74, 6) is -0.943.